The molecule has 0 spiro atoms. The van der Waals surface area contributed by atoms with Gasteiger partial charge in [0.1, 0.15) is 0 Å². The van der Waals surface area contributed by atoms with Crippen LogP contribution in [0.5, 0.6) is 0 Å². The molecule has 0 bridgehead atoms. The zero-order chi connectivity index (χ0) is 23.7. The third-order valence-corrected chi connectivity index (χ3v) is 6.79. The van der Waals surface area contributed by atoms with Gasteiger partial charge >= 0.3 is 6.03 Å². The number of nitrogens with one attached hydrogen (secondary N) is 3. The van der Waals surface area contributed by atoms with Gasteiger partial charge in [0.15, 0.2) is 0 Å². The number of carbonyl (C=O) groups is 2. The van der Waals surface area contributed by atoms with E-state index in [-0.39, 0.29) is 10.8 Å². The Bertz CT molecular complexity index is 1060. The number of amides is 3. The first-order valence-corrected chi connectivity index (χ1v) is 12.5. The Morgan fingerprint density at radius 3 is 2.36 bits per heavy atom. The third-order valence-electron chi connectivity index (χ3n) is 5.44. The highest BCUT2D eigenvalue weighted by Gasteiger charge is 2.21. The zero-order valence-corrected chi connectivity index (χ0v) is 19.5. The van der Waals surface area contributed by atoms with E-state index in [1.807, 2.05) is 30.3 Å². The molecule has 0 atom stereocenters. The highest BCUT2D eigenvalue weighted by Crippen LogP contribution is 2.14. The summed E-state index contributed by atoms with van der Waals surface area (Å²) >= 11 is 0. The highest BCUT2D eigenvalue weighted by atomic mass is 32.2. The second kappa shape index (κ2) is 11.6. The van der Waals surface area contributed by atoms with Gasteiger partial charge in [-0.25, -0.2) is 22.9 Å². The second-order valence-electron chi connectivity index (χ2n) is 8.14. The SMILES string of the molecule is CC1CCN(NC(=O)NS(=O)(=O)c2ccc(CCNC(=O)C=Cc3ccccc3)cc2)CC1. The van der Waals surface area contributed by atoms with Crippen LogP contribution in [0.25, 0.3) is 6.08 Å². The summed E-state index contributed by atoms with van der Waals surface area (Å²) in [5.41, 5.74) is 4.40. The van der Waals surface area contributed by atoms with Crippen molar-refractivity contribution >= 4 is 28.0 Å². The predicted octanol–water partition coefficient (Wildman–Crippen LogP) is 2.69. The summed E-state index contributed by atoms with van der Waals surface area (Å²) in [5.74, 6) is 0.406. The van der Waals surface area contributed by atoms with Crippen molar-refractivity contribution in [2.75, 3.05) is 19.6 Å². The van der Waals surface area contributed by atoms with Crippen molar-refractivity contribution in [3.8, 4) is 0 Å². The molecule has 3 N–H and O–H groups in total. The molecule has 1 saturated heterocycles. The van der Waals surface area contributed by atoms with Crippen molar-refractivity contribution in [1.82, 2.24) is 20.5 Å². The molecule has 0 saturated carbocycles. The molecule has 3 rings (SSSR count). The minimum Gasteiger partial charge on any atom is -0.352 e. The summed E-state index contributed by atoms with van der Waals surface area (Å²) in [6, 6.07) is 15.0. The fourth-order valence-corrected chi connectivity index (χ4v) is 4.33. The molecule has 1 heterocycles. The lowest BCUT2D eigenvalue weighted by Crippen LogP contribution is -2.51. The van der Waals surface area contributed by atoms with Crippen LogP contribution in [0.15, 0.2) is 65.6 Å². The van der Waals surface area contributed by atoms with Gasteiger partial charge in [-0.1, -0.05) is 49.4 Å². The normalized spacial score (nSPS) is 15.3. The molecule has 2 aromatic carbocycles. The van der Waals surface area contributed by atoms with Crippen molar-refractivity contribution in [2.45, 2.75) is 31.1 Å². The lowest BCUT2D eigenvalue weighted by atomic mass is 10.0. The Morgan fingerprint density at radius 1 is 1.03 bits per heavy atom. The van der Waals surface area contributed by atoms with Gasteiger partial charge < -0.3 is 5.32 Å². The van der Waals surface area contributed by atoms with E-state index >= 15 is 0 Å². The monoisotopic (exact) mass is 470 g/mol. The molecule has 9 heteroatoms. The Balaban J connectivity index is 1.44. The number of urea groups is 1. The van der Waals surface area contributed by atoms with E-state index in [1.165, 1.54) is 18.2 Å². The molecular formula is C24H30N4O4S. The van der Waals surface area contributed by atoms with Crippen LogP contribution in [0.1, 0.15) is 30.9 Å². The smallest absolute Gasteiger partial charge is 0.343 e. The maximum absolute atomic E-state index is 12.5. The predicted molar refractivity (Wildman–Crippen MR) is 127 cm³/mol. The Kier molecular flexibility index (Phi) is 8.62. The number of carbonyl (C=O) groups excluding carboxylic acids is 2. The Labute approximate surface area is 195 Å². The van der Waals surface area contributed by atoms with Gasteiger partial charge in [0, 0.05) is 25.7 Å². The maximum atomic E-state index is 12.5. The fourth-order valence-electron chi connectivity index (χ4n) is 3.43. The molecule has 1 aliphatic heterocycles. The van der Waals surface area contributed by atoms with Crippen LogP contribution in [0, 0.1) is 5.92 Å². The minimum atomic E-state index is -3.97. The molecular weight excluding hydrogens is 440 g/mol. The van der Waals surface area contributed by atoms with Crippen LogP contribution in [-0.2, 0) is 21.2 Å². The molecule has 1 fully saturated rings. The first kappa shape index (κ1) is 24.5. The molecule has 0 radical (unpaired) electrons. The first-order valence-electron chi connectivity index (χ1n) is 11.0. The Morgan fingerprint density at radius 2 is 1.70 bits per heavy atom. The van der Waals surface area contributed by atoms with Crippen molar-refractivity contribution in [3.05, 3.63) is 71.8 Å². The van der Waals surface area contributed by atoms with Crippen LogP contribution in [0.4, 0.5) is 4.79 Å². The number of piperidine rings is 1. The van der Waals surface area contributed by atoms with Crippen molar-refractivity contribution in [3.63, 3.8) is 0 Å². The number of sulfonamides is 1. The van der Waals surface area contributed by atoms with E-state index in [2.05, 4.69) is 22.4 Å². The average Bonchev–Trinajstić information content (AvgIpc) is 2.80. The number of hydrogen-bond donors (Lipinski definition) is 3. The largest absolute Gasteiger partial charge is 0.352 e. The van der Waals surface area contributed by atoms with Crippen LogP contribution in [-0.4, -0.2) is 45.0 Å². The summed E-state index contributed by atoms with van der Waals surface area (Å²) in [5, 5.41) is 4.53. The zero-order valence-electron chi connectivity index (χ0n) is 18.7. The van der Waals surface area contributed by atoms with Crippen molar-refractivity contribution in [2.24, 2.45) is 5.92 Å². The van der Waals surface area contributed by atoms with E-state index in [0.717, 1.165) is 24.0 Å². The maximum Gasteiger partial charge on any atom is 0.343 e. The molecule has 176 valence electrons. The van der Waals surface area contributed by atoms with Gasteiger partial charge in [-0.2, -0.15) is 0 Å². The van der Waals surface area contributed by atoms with Crippen molar-refractivity contribution < 1.29 is 18.0 Å². The van der Waals surface area contributed by atoms with Gasteiger partial charge in [0.25, 0.3) is 10.0 Å². The molecule has 8 nitrogen and oxygen atoms in total. The first-order chi connectivity index (χ1) is 15.8. The van der Waals surface area contributed by atoms with E-state index in [1.54, 1.807) is 23.2 Å². The summed E-state index contributed by atoms with van der Waals surface area (Å²) < 4.78 is 27.0. The quantitative estimate of drug-likeness (QED) is 0.514. The Hall–Kier alpha value is -3.17. The molecule has 1 aliphatic rings. The van der Waals surface area contributed by atoms with Gasteiger partial charge in [-0.05, 0) is 54.5 Å². The standard InChI is InChI=1S/C24H30N4O4S/c1-19-14-17-28(18-15-19)26-24(30)27-33(31,32)22-10-7-21(8-11-22)13-16-25-23(29)12-9-20-5-3-2-4-6-20/h2-12,19H,13-18H2,1H3,(H,25,29)(H2,26,27,30). The number of nitrogens with zero attached hydrogens (tertiary/aromatic N) is 1. The van der Waals surface area contributed by atoms with Crippen LogP contribution in [0.3, 0.4) is 0 Å². The van der Waals surface area contributed by atoms with E-state index in [9.17, 15) is 18.0 Å². The fraction of sp³-hybridized carbons (Fsp3) is 0.333. The summed E-state index contributed by atoms with van der Waals surface area (Å²) in [7, 11) is -3.97. The third kappa shape index (κ3) is 8.03. The number of benzene rings is 2. The summed E-state index contributed by atoms with van der Waals surface area (Å²) in [4.78, 5) is 24.0. The molecule has 0 aliphatic carbocycles. The van der Waals surface area contributed by atoms with Crippen molar-refractivity contribution in [1.29, 1.82) is 0 Å². The van der Waals surface area contributed by atoms with Gasteiger partial charge in [-0.15, -0.1) is 0 Å². The van der Waals surface area contributed by atoms with Crippen LogP contribution < -0.4 is 15.5 Å². The number of rotatable bonds is 8. The number of hydrogen-bond acceptors (Lipinski definition) is 5. The van der Waals surface area contributed by atoms with Crippen LogP contribution in [0.2, 0.25) is 0 Å². The molecule has 33 heavy (non-hydrogen) atoms. The van der Waals surface area contributed by atoms with Gasteiger partial charge in [0.05, 0.1) is 4.90 Å². The molecule has 0 unspecified atom stereocenters. The highest BCUT2D eigenvalue weighted by molar-refractivity contribution is 7.90. The molecule has 2 aromatic rings. The molecule has 3 amide bonds. The van der Waals surface area contributed by atoms with Gasteiger partial charge in [0.2, 0.25) is 5.91 Å². The average molecular weight is 471 g/mol. The number of hydrazine groups is 1. The lowest BCUT2D eigenvalue weighted by Gasteiger charge is -2.30. The van der Waals surface area contributed by atoms with E-state index < -0.39 is 16.1 Å². The van der Waals surface area contributed by atoms with E-state index in [0.29, 0.717) is 32.0 Å². The van der Waals surface area contributed by atoms with Crippen LogP contribution >= 0.6 is 0 Å². The van der Waals surface area contributed by atoms with Gasteiger partial charge in [-0.3, -0.25) is 10.2 Å². The summed E-state index contributed by atoms with van der Waals surface area (Å²) in [6.07, 6.45) is 5.68. The lowest BCUT2D eigenvalue weighted by molar-refractivity contribution is -0.116. The summed E-state index contributed by atoms with van der Waals surface area (Å²) in [6.45, 7) is 3.96. The molecule has 0 aromatic heterocycles. The topological polar surface area (TPSA) is 108 Å². The van der Waals surface area contributed by atoms with E-state index in [4.69, 9.17) is 0 Å². The second-order valence-corrected chi connectivity index (χ2v) is 9.83. The minimum absolute atomic E-state index is 0.00324.